The molecular weight excluding hydrogens is 384 g/mol. The van der Waals surface area contributed by atoms with E-state index in [-0.39, 0.29) is 12.4 Å². The van der Waals surface area contributed by atoms with Crippen molar-refractivity contribution in [1.82, 2.24) is 20.0 Å². The van der Waals surface area contributed by atoms with Crippen molar-refractivity contribution in [3.05, 3.63) is 42.0 Å². The van der Waals surface area contributed by atoms with Crippen molar-refractivity contribution < 1.29 is 0 Å². The fourth-order valence-electron chi connectivity index (χ4n) is 4.13. The second kappa shape index (κ2) is 10.0. The predicted molar refractivity (Wildman–Crippen MR) is 118 cm³/mol. The van der Waals surface area contributed by atoms with Gasteiger partial charge in [-0.05, 0) is 63.2 Å². The number of likely N-dealkylation sites (tertiary alicyclic amines) is 1. The van der Waals surface area contributed by atoms with Crippen molar-refractivity contribution in [1.29, 1.82) is 5.26 Å². The average Bonchev–Trinajstić information content (AvgIpc) is 2.76. The highest BCUT2D eigenvalue weighted by Gasteiger charge is 2.23. The molecule has 2 fully saturated rings. The lowest BCUT2D eigenvalue weighted by Crippen LogP contribution is -2.49. The fraction of sp³-hybridized carbons (Fsp3) is 0.500. The Bertz CT molecular complexity index is 801. The lowest BCUT2D eigenvalue weighted by atomic mass is 9.96. The van der Waals surface area contributed by atoms with Gasteiger partial charge in [-0.3, -0.25) is 4.90 Å². The Kier molecular flexibility index (Phi) is 7.43. The quantitative estimate of drug-likeness (QED) is 0.769. The maximum atomic E-state index is 8.91. The van der Waals surface area contributed by atoms with Gasteiger partial charge >= 0.3 is 0 Å². The van der Waals surface area contributed by atoms with Crippen molar-refractivity contribution in [2.24, 2.45) is 5.92 Å². The van der Waals surface area contributed by atoms with E-state index in [0.29, 0.717) is 5.56 Å². The van der Waals surface area contributed by atoms with Gasteiger partial charge in [0.1, 0.15) is 0 Å². The molecule has 0 amide bonds. The molecule has 0 saturated carbocycles. The molecule has 3 heterocycles. The van der Waals surface area contributed by atoms with Crippen LogP contribution >= 0.6 is 12.4 Å². The maximum absolute atomic E-state index is 8.91. The highest BCUT2D eigenvalue weighted by atomic mass is 35.5. The molecular formula is C22H29ClN6. The lowest BCUT2D eigenvalue weighted by molar-refractivity contribution is 0.155. The molecule has 0 spiro atoms. The molecule has 2 aromatic rings. The van der Waals surface area contributed by atoms with E-state index in [1.165, 1.54) is 32.5 Å². The Labute approximate surface area is 179 Å². The summed E-state index contributed by atoms with van der Waals surface area (Å²) in [7, 11) is 2.22. The van der Waals surface area contributed by atoms with Crippen molar-refractivity contribution in [2.75, 3.05) is 57.8 Å². The number of nitriles is 1. The minimum atomic E-state index is 0. The number of hydrogen-bond donors (Lipinski definition) is 0. The number of piperazine rings is 1. The normalized spacial score (nSPS) is 18.8. The van der Waals surface area contributed by atoms with Gasteiger partial charge in [-0.1, -0.05) is 12.1 Å². The second-order valence-corrected chi connectivity index (χ2v) is 8.00. The second-order valence-electron chi connectivity index (χ2n) is 8.00. The zero-order chi connectivity index (χ0) is 19.3. The Hall–Kier alpha value is -2.20. The van der Waals surface area contributed by atoms with Crippen molar-refractivity contribution in [2.45, 2.75) is 12.8 Å². The summed E-state index contributed by atoms with van der Waals surface area (Å²) >= 11 is 0. The zero-order valence-electron chi connectivity index (χ0n) is 17.0. The topological polar surface area (TPSA) is 59.3 Å². The third kappa shape index (κ3) is 5.45. The molecule has 0 atom stereocenters. The SMILES string of the molecule is CN1CCC(CN2CCN(c3ccc(-c4ccc(C#N)cc4)nn3)CC2)CC1.Cl. The van der Waals surface area contributed by atoms with E-state index in [9.17, 15) is 0 Å². The number of anilines is 1. The summed E-state index contributed by atoms with van der Waals surface area (Å²) in [5.41, 5.74) is 2.49. The molecule has 2 saturated heterocycles. The number of aromatic nitrogens is 2. The van der Waals surface area contributed by atoms with Crippen LogP contribution in [0.1, 0.15) is 18.4 Å². The predicted octanol–water partition coefficient (Wildman–Crippen LogP) is 2.90. The molecule has 2 aliphatic rings. The minimum Gasteiger partial charge on any atom is -0.353 e. The van der Waals surface area contributed by atoms with Crippen LogP contribution in [0.5, 0.6) is 0 Å². The van der Waals surface area contributed by atoms with Gasteiger partial charge in [-0.15, -0.1) is 22.6 Å². The number of rotatable bonds is 4. The molecule has 6 nitrogen and oxygen atoms in total. The van der Waals surface area contributed by atoms with Crippen molar-refractivity contribution in [3.63, 3.8) is 0 Å². The Balaban J connectivity index is 0.00000240. The first-order valence-corrected chi connectivity index (χ1v) is 10.2. The number of benzene rings is 1. The number of hydrogen-bond acceptors (Lipinski definition) is 6. The number of halogens is 1. The molecule has 1 aromatic heterocycles. The summed E-state index contributed by atoms with van der Waals surface area (Å²) in [4.78, 5) is 7.39. The van der Waals surface area contributed by atoms with Crippen LogP contribution in [0, 0.1) is 17.2 Å². The van der Waals surface area contributed by atoms with Gasteiger partial charge in [0.15, 0.2) is 5.82 Å². The first-order valence-electron chi connectivity index (χ1n) is 10.2. The van der Waals surface area contributed by atoms with E-state index in [1.807, 2.05) is 30.3 Å². The maximum Gasteiger partial charge on any atom is 0.151 e. The van der Waals surface area contributed by atoms with E-state index in [4.69, 9.17) is 5.26 Å². The molecule has 1 aromatic carbocycles. The van der Waals surface area contributed by atoms with E-state index in [2.05, 4.69) is 44.1 Å². The molecule has 0 unspecified atom stereocenters. The largest absolute Gasteiger partial charge is 0.353 e. The first-order chi connectivity index (χ1) is 13.7. The third-order valence-corrected chi connectivity index (χ3v) is 6.01. The summed E-state index contributed by atoms with van der Waals surface area (Å²) in [5, 5.41) is 17.8. The van der Waals surface area contributed by atoms with Gasteiger partial charge in [0.25, 0.3) is 0 Å². The molecule has 0 N–H and O–H groups in total. The Morgan fingerprint density at radius 1 is 0.931 bits per heavy atom. The molecule has 4 rings (SSSR count). The summed E-state index contributed by atoms with van der Waals surface area (Å²) < 4.78 is 0. The van der Waals surface area contributed by atoms with Crippen LogP contribution < -0.4 is 4.90 Å². The van der Waals surface area contributed by atoms with Gasteiger partial charge in [0.05, 0.1) is 17.3 Å². The van der Waals surface area contributed by atoms with E-state index in [0.717, 1.165) is 49.2 Å². The van der Waals surface area contributed by atoms with Crippen LogP contribution in [-0.4, -0.2) is 72.9 Å². The molecule has 0 bridgehead atoms. The Morgan fingerprint density at radius 3 is 2.21 bits per heavy atom. The number of piperidine rings is 1. The highest BCUT2D eigenvalue weighted by molar-refractivity contribution is 5.85. The Morgan fingerprint density at radius 2 is 1.62 bits per heavy atom. The molecule has 0 aliphatic carbocycles. The van der Waals surface area contributed by atoms with E-state index in [1.54, 1.807) is 0 Å². The van der Waals surface area contributed by atoms with Crippen LogP contribution in [0.15, 0.2) is 36.4 Å². The van der Waals surface area contributed by atoms with E-state index < -0.39 is 0 Å². The molecule has 0 radical (unpaired) electrons. The smallest absolute Gasteiger partial charge is 0.151 e. The van der Waals surface area contributed by atoms with Crippen LogP contribution in [0.25, 0.3) is 11.3 Å². The van der Waals surface area contributed by atoms with Gasteiger partial charge in [0, 0.05) is 38.3 Å². The molecule has 7 heteroatoms. The van der Waals surface area contributed by atoms with Crippen LogP contribution in [0.2, 0.25) is 0 Å². The fourth-order valence-corrected chi connectivity index (χ4v) is 4.13. The van der Waals surface area contributed by atoms with Crippen LogP contribution in [-0.2, 0) is 0 Å². The van der Waals surface area contributed by atoms with Gasteiger partial charge in [0.2, 0.25) is 0 Å². The number of nitrogens with zero attached hydrogens (tertiary/aromatic N) is 6. The third-order valence-electron chi connectivity index (χ3n) is 6.01. The summed E-state index contributed by atoms with van der Waals surface area (Å²) in [6.07, 6.45) is 2.66. The molecule has 154 valence electrons. The summed E-state index contributed by atoms with van der Waals surface area (Å²) in [6.45, 7) is 7.95. The van der Waals surface area contributed by atoms with Crippen molar-refractivity contribution >= 4 is 18.2 Å². The van der Waals surface area contributed by atoms with Gasteiger partial charge < -0.3 is 9.80 Å². The highest BCUT2D eigenvalue weighted by Crippen LogP contribution is 2.21. The minimum absolute atomic E-state index is 0. The van der Waals surface area contributed by atoms with Crippen LogP contribution in [0.3, 0.4) is 0 Å². The van der Waals surface area contributed by atoms with E-state index >= 15 is 0 Å². The van der Waals surface area contributed by atoms with Crippen LogP contribution in [0.4, 0.5) is 5.82 Å². The average molecular weight is 413 g/mol. The van der Waals surface area contributed by atoms with Gasteiger partial charge in [-0.2, -0.15) is 5.26 Å². The first kappa shape index (κ1) is 21.5. The monoisotopic (exact) mass is 412 g/mol. The molecule has 29 heavy (non-hydrogen) atoms. The standard InChI is InChI=1S/C22H28N6.ClH/c1-26-10-8-19(9-11-26)17-27-12-14-28(15-13-27)22-7-6-21(24-25-22)20-4-2-18(16-23)3-5-20;/h2-7,19H,8-15,17H2,1H3;1H. The van der Waals surface area contributed by atoms with Crippen molar-refractivity contribution in [3.8, 4) is 17.3 Å². The zero-order valence-corrected chi connectivity index (χ0v) is 17.8. The summed E-state index contributed by atoms with van der Waals surface area (Å²) in [6, 6.07) is 13.7. The lowest BCUT2D eigenvalue weighted by Gasteiger charge is -2.38. The summed E-state index contributed by atoms with van der Waals surface area (Å²) in [5.74, 6) is 1.81. The molecule has 2 aliphatic heterocycles. The van der Waals surface area contributed by atoms with Gasteiger partial charge in [-0.25, -0.2) is 0 Å².